The normalized spacial score (nSPS) is 15.7. The van der Waals surface area contributed by atoms with E-state index < -0.39 is 35.4 Å². The van der Waals surface area contributed by atoms with E-state index in [0.717, 1.165) is 44.3 Å². The van der Waals surface area contributed by atoms with Crippen molar-refractivity contribution in [3.8, 4) is 21.7 Å². The van der Waals surface area contributed by atoms with Gasteiger partial charge in [-0.2, -0.15) is 0 Å². The van der Waals surface area contributed by atoms with Gasteiger partial charge in [-0.3, -0.25) is 23.6 Å². The summed E-state index contributed by atoms with van der Waals surface area (Å²) < 4.78 is 18.5. The highest BCUT2D eigenvalue weighted by Gasteiger charge is 2.44. The fourth-order valence-corrected chi connectivity index (χ4v) is 7.76. The van der Waals surface area contributed by atoms with Crippen LogP contribution in [0.2, 0.25) is 0 Å². The first-order valence-electron chi connectivity index (χ1n) is 20.1. The number of aromatic nitrogens is 3. The van der Waals surface area contributed by atoms with E-state index >= 15 is 0 Å². The SMILES string of the molecule is CNc1ccc2ncc(-c3cccc(NC(=O)COCCOCCOCC(=O)N[C@H](C(=O)N4C[C@H](O)C[C@H]4C(=O)NCc4ccc(-c5scnc5C)cc4)C(C)(C)C)c3)n2c1. The molecule has 61 heavy (non-hydrogen) atoms. The summed E-state index contributed by atoms with van der Waals surface area (Å²) in [5.41, 5.74) is 8.15. The van der Waals surface area contributed by atoms with Crippen LogP contribution in [0.15, 0.2) is 78.6 Å². The molecule has 3 aromatic heterocycles. The maximum Gasteiger partial charge on any atom is 0.250 e. The highest BCUT2D eigenvalue weighted by Crippen LogP contribution is 2.29. The summed E-state index contributed by atoms with van der Waals surface area (Å²) in [5.74, 6) is -1.66. The lowest BCUT2D eigenvalue weighted by molar-refractivity contribution is -0.144. The lowest BCUT2D eigenvalue weighted by Gasteiger charge is -2.35. The Kier molecular flexibility index (Phi) is 15.2. The van der Waals surface area contributed by atoms with E-state index in [4.69, 9.17) is 14.2 Å². The third-order valence-electron chi connectivity index (χ3n) is 10.2. The Hall–Kier alpha value is -5.72. The Labute approximate surface area is 359 Å². The van der Waals surface area contributed by atoms with Gasteiger partial charge in [0.25, 0.3) is 0 Å². The summed E-state index contributed by atoms with van der Waals surface area (Å²) in [6.07, 6.45) is 2.96. The zero-order chi connectivity index (χ0) is 43.5. The number of benzene rings is 2. The molecule has 324 valence electrons. The number of β-amino-alcohol motifs (C(OH)–C–C–N with tert-alkyl or cyclic N) is 1. The molecule has 0 aliphatic carbocycles. The lowest BCUT2D eigenvalue weighted by Crippen LogP contribution is -2.58. The number of nitrogens with one attached hydrogen (secondary N) is 4. The summed E-state index contributed by atoms with van der Waals surface area (Å²) in [7, 11) is 1.86. The molecule has 16 nitrogen and oxygen atoms in total. The Bertz CT molecular complexity index is 2290. The molecule has 6 rings (SSSR count). The molecule has 0 unspecified atom stereocenters. The number of carbonyl (C=O) groups excluding carboxylic acids is 4. The number of hydrogen-bond acceptors (Lipinski definition) is 12. The van der Waals surface area contributed by atoms with Gasteiger partial charge in [-0.05, 0) is 47.7 Å². The number of aliphatic hydroxyl groups excluding tert-OH is 1. The van der Waals surface area contributed by atoms with E-state index in [-0.39, 0.29) is 71.0 Å². The molecule has 0 spiro atoms. The maximum atomic E-state index is 13.9. The van der Waals surface area contributed by atoms with E-state index in [2.05, 4.69) is 31.2 Å². The van der Waals surface area contributed by atoms with Gasteiger partial charge in [-0.15, -0.1) is 11.3 Å². The molecule has 1 aliphatic heterocycles. The number of fused-ring (bicyclic) bond motifs is 1. The van der Waals surface area contributed by atoms with Crippen molar-refractivity contribution in [2.24, 2.45) is 5.41 Å². The minimum atomic E-state index is -0.981. The summed E-state index contributed by atoms with van der Waals surface area (Å²) >= 11 is 1.57. The number of ether oxygens (including phenoxy) is 3. The van der Waals surface area contributed by atoms with Crippen LogP contribution in [-0.4, -0.2) is 119 Å². The van der Waals surface area contributed by atoms with Crippen LogP contribution in [0.3, 0.4) is 0 Å². The smallest absolute Gasteiger partial charge is 0.250 e. The molecule has 5 N–H and O–H groups in total. The number of hydrogen-bond donors (Lipinski definition) is 5. The van der Waals surface area contributed by atoms with Crippen molar-refractivity contribution in [3.63, 3.8) is 0 Å². The van der Waals surface area contributed by atoms with E-state index in [9.17, 15) is 24.3 Å². The molecule has 3 atom stereocenters. The number of imidazole rings is 1. The van der Waals surface area contributed by atoms with Crippen LogP contribution >= 0.6 is 11.3 Å². The second-order valence-electron chi connectivity index (χ2n) is 15.8. The average molecular weight is 855 g/mol. The van der Waals surface area contributed by atoms with Crippen molar-refractivity contribution in [1.82, 2.24) is 29.9 Å². The van der Waals surface area contributed by atoms with Crippen molar-refractivity contribution in [1.29, 1.82) is 0 Å². The Morgan fingerprint density at radius 3 is 2.31 bits per heavy atom. The number of aliphatic hydroxyl groups is 1. The largest absolute Gasteiger partial charge is 0.391 e. The number of carbonyl (C=O) groups is 4. The fraction of sp³-hybridized carbons (Fsp3) is 0.409. The minimum absolute atomic E-state index is 0.0264. The molecule has 0 saturated carbocycles. The quantitative estimate of drug-likeness (QED) is 0.0744. The van der Waals surface area contributed by atoms with Crippen molar-refractivity contribution in [2.45, 2.75) is 58.8 Å². The number of rotatable bonds is 19. The van der Waals surface area contributed by atoms with Gasteiger partial charge in [0.2, 0.25) is 23.6 Å². The summed E-state index contributed by atoms with van der Waals surface area (Å²) in [5, 5.41) is 22.2. The van der Waals surface area contributed by atoms with Crippen molar-refractivity contribution in [3.05, 3.63) is 89.8 Å². The molecule has 1 saturated heterocycles. The average Bonchev–Trinajstić information content (AvgIpc) is 3.98. The van der Waals surface area contributed by atoms with Crippen LogP contribution in [0, 0.1) is 12.3 Å². The van der Waals surface area contributed by atoms with E-state index in [1.54, 1.807) is 23.6 Å². The van der Waals surface area contributed by atoms with Crippen LogP contribution in [0.25, 0.3) is 27.3 Å². The molecular weight excluding hydrogens is 801 g/mol. The minimum Gasteiger partial charge on any atom is -0.391 e. The standard InChI is InChI=1S/C44H54N8O8S/c1-28-40(61-27-48-28)30-11-9-29(10-12-30)21-47-42(56)35-20-34(53)24-52(35)43(57)41(44(2,3)4)50-39(55)26-60-18-16-58-15-17-59-25-38(54)49-32-8-6-7-31(19-32)36-22-46-37-14-13-33(45-5)23-51(36)37/h6-14,19,22-23,27,34-35,41,45,53H,15-18,20-21,24-26H2,1-5H3,(H,47,56)(H,49,54)(H,50,55)/t34-,35+,41-/m1/s1. The monoisotopic (exact) mass is 854 g/mol. The fourth-order valence-electron chi connectivity index (χ4n) is 6.95. The van der Waals surface area contributed by atoms with Crippen molar-refractivity contribution >= 4 is 52.0 Å². The third-order valence-corrected chi connectivity index (χ3v) is 11.1. The number of aryl methyl sites for hydroxylation is 1. The van der Waals surface area contributed by atoms with E-state index in [0.29, 0.717) is 5.69 Å². The second-order valence-corrected chi connectivity index (χ2v) is 16.7. The molecule has 5 aromatic rings. The Morgan fingerprint density at radius 2 is 1.62 bits per heavy atom. The van der Waals surface area contributed by atoms with Crippen LogP contribution in [0.1, 0.15) is 38.4 Å². The zero-order valence-electron chi connectivity index (χ0n) is 35.1. The molecule has 2 aromatic carbocycles. The molecule has 0 bridgehead atoms. The van der Waals surface area contributed by atoms with Crippen LogP contribution < -0.4 is 21.3 Å². The Balaban J connectivity index is 0.874. The predicted octanol–water partition coefficient (Wildman–Crippen LogP) is 4.27. The molecule has 0 radical (unpaired) electrons. The Morgan fingerprint density at radius 1 is 0.902 bits per heavy atom. The van der Waals surface area contributed by atoms with Gasteiger partial charge >= 0.3 is 0 Å². The van der Waals surface area contributed by atoms with Crippen molar-refractivity contribution in [2.75, 3.05) is 63.9 Å². The summed E-state index contributed by atoms with van der Waals surface area (Å²) in [4.78, 5) is 64.0. The van der Waals surface area contributed by atoms with Gasteiger partial charge < -0.3 is 45.5 Å². The van der Waals surface area contributed by atoms with Crippen LogP contribution in [0.5, 0.6) is 0 Å². The molecule has 1 fully saturated rings. The molecule has 1 aliphatic rings. The van der Waals surface area contributed by atoms with Gasteiger partial charge in [0.15, 0.2) is 0 Å². The van der Waals surface area contributed by atoms with Gasteiger partial charge in [0.05, 0.1) is 66.2 Å². The van der Waals surface area contributed by atoms with E-state index in [1.807, 2.05) is 105 Å². The second kappa shape index (κ2) is 20.7. The number of anilines is 2. The lowest BCUT2D eigenvalue weighted by atomic mass is 9.85. The van der Waals surface area contributed by atoms with E-state index in [1.165, 1.54) is 4.90 Å². The van der Waals surface area contributed by atoms with Gasteiger partial charge in [-0.25, -0.2) is 9.97 Å². The van der Waals surface area contributed by atoms with Gasteiger partial charge in [-0.1, -0.05) is 57.2 Å². The molecule has 4 amide bonds. The molecular formula is C44H54N8O8S. The molecule has 17 heteroatoms. The number of thiazole rings is 1. The third kappa shape index (κ3) is 12.0. The van der Waals surface area contributed by atoms with Crippen LogP contribution in [-0.2, 0) is 39.9 Å². The first kappa shape index (κ1) is 44.8. The maximum absolute atomic E-state index is 13.9. The number of pyridine rings is 1. The predicted molar refractivity (Wildman–Crippen MR) is 233 cm³/mol. The highest BCUT2D eigenvalue weighted by molar-refractivity contribution is 7.13. The van der Waals surface area contributed by atoms with Crippen molar-refractivity contribution < 1.29 is 38.5 Å². The van der Waals surface area contributed by atoms with Gasteiger partial charge in [0.1, 0.15) is 30.9 Å². The topological polar surface area (TPSA) is 198 Å². The van der Waals surface area contributed by atoms with Crippen LogP contribution in [0.4, 0.5) is 11.4 Å². The number of amides is 4. The summed E-state index contributed by atoms with van der Waals surface area (Å²) in [6.45, 7) is 7.81. The van der Waals surface area contributed by atoms with Gasteiger partial charge in [0, 0.05) is 44.0 Å². The first-order chi connectivity index (χ1) is 29.3. The number of nitrogens with zero attached hydrogens (tertiary/aromatic N) is 4. The highest BCUT2D eigenvalue weighted by atomic mass is 32.1. The first-order valence-corrected chi connectivity index (χ1v) is 21.0. The zero-order valence-corrected chi connectivity index (χ0v) is 35.9. The summed E-state index contributed by atoms with van der Waals surface area (Å²) in [6, 6.07) is 17.3. The molecule has 4 heterocycles. The number of likely N-dealkylation sites (tertiary alicyclic amines) is 1.